The van der Waals surface area contributed by atoms with E-state index in [1.54, 1.807) is 13.8 Å². The summed E-state index contributed by atoms with van der Waals surface area (Å²) in [5.41, 5.74) is 0.679. The monoisotopic (exact) mass is 250 g/mol. The van der Waals surface area contributed by atoms with Gasteiger partial charge in [0.2, 0.25) is 5.89 Å². The van der Waals surface area contributed by atoms with E-state index in [4.69, 9.17) is 8.83 Å². The van der Waals surface area contributed by atoms with E-state index in [9.17, 15) is 4.79 Å². The van der Waals surface area contributed by atoms with Crippen molar-refractivity contribution in [3.63, 3.8) is 0 Å². The summed E-state index contributed by atoms with van der Waals surface area (Å²) in [6, 6.07) is 0. The van der Waals surface area contributed by atoms with E-state index in [1.165, 1.54) is 7.11 Å². The molecule has 0 saturated carbocycles. The summed E-state index contributed by atoms with van der Waals surface area (Å²) >= 11 is 0. The molecular weight excluding hydrogens is 236 g/mol. The zero-order valence-electron chi connectivity index (χ0n) is 10.7. The molecule has 0 fully saturated rings. The lowest BCUT2D eigenvalue weighted by Crippen LogP contribution is -2.03. The molecule has 0 N–H and O–H groups in total. The van der Waals surface area contributed by atoms with Gasteiger partial charge in [0, 0.05) is 6.42 Å². The number of ether oxygens (including phenoxy) is 1. The number of esters is 1. The molecule has 0 aromatic carbocycles. The number of nitrogens with zero attached hydrogens (tertiary/aromatic N) is 2. The van der Waals surface area contributed by atoms with Gasteiger partial charge in [-0.2, -0.15) is 0 Å². The molecule has 2 aromatic rings. The lowest BCUT2D eigenvalue weighted by Gasteiger charge is -1.91. The van der Waals surface area contributed by atoms with Crippen LogP contribution in [0.4, 0.5) is 0 Å². The van der Waals surface area contributed by atoms with Crippen molar-refractivity contribution in [2.24, 2.45) is 0 Å². The number of aryl methyl sites for hydroxylation is 3. The maximum absolute atomic E-state index is 11.4. The lowest BCUT2D eigenvalue weighted by molar-refractivity contribution is 0.0593. The van der Waals surface area contributed by atoms with Gasteiger partial charge in [-0.25, -0.2) is 14.8 Å². The Hall–Kier alpha value is -2.11. The first-order valence-corrected chi connectivity index (χ1v) is 5.59. The number of hydrogen-bond acceptors (Lipinski definition) is 6. The van der Waals surface area contributed by atoms with Gasteiger partial charge >= 0.3 is 5.97 Å². The zero-order chi connectivity index (χ0) is 13.3. The van der Waals surface area contributed by atoms with Gasteiger partial charge in [-0.1, -0.05) is 6.92 Å². The summed E-state index contributed by atoms with van der Waals surface area (Å²) in [4.78, 5) is 19.8. The maximum Gasteiger partial charge on any atom is 0.360 e. The van der Waals surface area contributed by atoms with Crippen LogP contribution in [0.2, 0.25) is 0 Å². The predicted octanol–water partition coefficient (Wildman–Crippen LogP) is 2.30. The fraction of sp³-hybridized carbons (Fsp3) is 0.417. The van der Waals surface area contributed by atoms with E-state index in [0.29, 0.717) is 29.5 Å². The molecule has 2 heterocycles. The third-order valence-corrected chi connectivity index (χ3v) is 2.52. The van der Waals surface area contributed by atoms with Crippen molar-refractivity contribution >= 4 is 5.97 Å². The third-order valence-electron chi connectivity index (χ3n) is 2.52. The Kier molecular flexibility index (Phi) is 3.18. The Morgan fingerprint density at radius 2 is 1.94 bits per heavy atom. The number of methoxy groups -OCH3 is 1. The van der Waals surface area contributed by atoms with Crippen molar-refractivity contribution in [2.45, 2.75) is 27.2 Å². The molecule has 0 spiro atoms. The molecule has 2 aromatic heterocycles. The van der Waals surface area contributed by atoms with Crippen LogP contribution in [-0.4, -0.2) is 23.0 Å². The number of oxazole rings is 2. The van der Waals surface area contributed by atoms with Gasteiger partial charge in [0.25, 0.3) is 0 Å². The van der Waals surface area contributed by atoms with Gasteiger partial charge in [-0.15, -0.1) is 0 Å². The number of aromatic nitrogens is 2. The average Bonchev–Trinajstić information content (AvgIpc) is 2.91. The first-order valence-electron chi connectivity index (χ1n) is 5.59. The van der Waals surface area contributed by atoms with Crippen LogP contribution < -0.4 is 0 Å². The summed E-state index contributed by atoms with van der Waals surface area (Å²) < 4.78 is 15.5. The predicted molar refractivity (Wildman–Crippen MR) is 62.2 cm³/mol. The lowest BCUT2D eigenvalue weighted by atomic mass is 10.3. The minimum atomic E-state index is -0.528. The second-order valence-corrected chi connectivity index (χ2v) is 3.78. The van der Waals surface area contributed by atoms with E-state index in [0.717, 1.165) is 0 Å². The normalized spacial score (nSPS) is 10.7. The summed E-state index contributed by atoms with van der Waals surface area (Å²) in [6.07, 6.45) is 0.685. The van der Waals surface area contributed by atoms with Crippen molar-refractivity contribution in [3.05, 3.63) is 23.1 Å². The van der Waals surface area contributed by atoms with E-state index in [1.807, 2.05) is 6.92 Å². The molecule has 0 amide bonds. The van der Waals surface area contributed by atoms with Gasteiger partial charge in [0.05, 0.1) is 7.11 Å². The quantitative estimate of drug-likeness (QED) is 0.778. The van der Waals surface area contributed by atoms with Crippen LogP contribution in [-0.2, 0) is 11.2 Å². The minimum Gasteiger partial charge on any atom is -0.464 e. The Morgan fingerprint density at radius 1 is 1.22 bits per heavy atom. The molecule has 96 valence electrons. The molecule has 0 unspecified atom stereocenters. The number of carbonyl (C=O) groups excluding carboxylic acids is 1. The van der Waals surface area contributed by atoms with E-state index in [-0.39, 0.29) is 11.6 Å². The second kappa shape index (κ2) is 4.64. The second-order valence-electron chi connectivity index (χ2n) is 3.78. The Labute approximate surface area is 104 Å². The van der Waals surface area contributed by atoms with Crippen LogP contribution in [0.25, 0.3) is 11.6 Å². The van der Waals surface area contributed by atoms with Crippen molar-refractivity contribution in [1.82, 2.24) is 9.97 Å². The molecule has 6 heteroatoms. The van der Waals surface area contributed by atoms with Crippen molar-refractivity contribution < 1.29 is 18.4 Å². The maximum atomic E-state index is 11.4. The molecule has 0 aliphatic carbocycles. The molecule has 0 bridgehead atoms. The van der Waals surface area contributed by atoms with Crippen molar-refractivity contribution in [3.8, 4) is 11.6 Å². The standard InChI is InChI=1S/C12H14N2O4/c1-5-8-13-9(6(2)17-8)11-14-10(7(3)18-11)12(15)16-4/h5H2,1-4H3. The Balaban J connectivity index is 2.45. The molecular formula is C12H14N2O4. The summed E-state index contributed by atoms with van der Waals surface area (Å²) in [5, 5.41) is 0. The highest BCUT2D eigenvalue weighted by Crippen LogP contribution is 2.25. The van der Waals surface area contributed by atoms with E-state index in [2.05, 4.69) is 14.7 Å². The van der Waals surface area contributed by atoms with Gasteiger partial charge < -0.3 is 13.6 Å². The largest absolute Gasteiger partial charge is 0.464 e. The first-order chi connectivity index (χ1) is 8.56. The molecule has 0 radical (unpaired) electrons. The molecule has 0 atom stereocenters. The highest BCUT2D eigenvalue weighted by molar-refractivity contribution is 5.88. The molecule has 18 heavy (non-hydrogen) atoms. The first kappa shape index (κ1) is 12.3. The fourth-order valence-electron chi connectivity index (χ4n) is 1.58. The highest BCUT2D eigenvalue weighted by atomic mass is 16.5. The summed E-state index contributed by atoms with van der Waals surface area (Å²) in [5.74, 6) is 1.37. The fourth-order valence-corrected chi connectivity index (χ4v) is 1.58. The van der Waals surface area contributed by atoms with Gasteiger partial charge in [-0.3, -0.25) is 0 Å². The Bertz CT molecular complexity index is 583. The molecule has 0 saturated heterocycles. The summed E-state index contributed by atoms with van der Waals surface area (Å²) in [7, 11) is 1.30. The third kappa shape index (κ3) is 2.01. The Morgan fingerprint density at radius 3 is 2.50 bits per heavy atom. The SMILES string of the molecule is CCc1nc(-c2nc(C(=O)OC)c(C)o2)c(C)o1. The van der Waals surface area contributed by atoms with Gasteiger partial charge in [0.15, 0.2) is 17.3 Å². The van der Waals surface area contributed by atoms with Crippen LogP contribution in [0.15, 0.2) is 8.83 Å². The highest BCUT2D eigenvalue weighted by Gasteiger charge is 2.22. The zero-order valence-corrected chi connectivity index (χ0v) is 10.7. The minimum absolute atomic E-state index is 0.160. The van der Waals surface area contributed by atoms with E-state index >= 15 is 0 Å². The van der Waals surface area contributed by atoms with Crippen LogP contribution in [0.5, 0.6) is 0 Å². The average molecular weight is 250 g/mol. The molecule has 2 rings (SSSR count). The smallest absolute Gasteiger partial charge is 0.360 e. The van der Waals surface area contributed by atoms with E-state index < -0.39 is 5.97 Å². The van der Waals surface area contributed by atoms with Gasteiger partial charge in [-0.05, 0) is 13.8 Å². The number of carbonyl (C=O) groups is 1. The summed E-state index contributed by atoms with van der Waals surface area (Å²) in [6.45, 7) is 5.37. The van der Waals surface area contributed by atoms with Crippen LogP contribution in [0.3, 0.4) is 0 Å². The van der Waals surface area contributed by atoms with Crippen LogP contribution in [0.1, 0.15) is 34.8 Å². The van der Waals surface area contributed by atoms with Gasteiger partial charge in [0.1, 0.15) is 11.5 Å². The molecule has 0 aliphatic rings. The molecule has 6 nitrogen and oxygen atoms in total. The van der Waals surface area contributed by atoms with Crippen LogP contribution in [0, 0.1) is 13.8 Å². The van der Waals surface area contributed by atoms with Crippen molar-refractivity contribution in [1.29, 1.82) is 0 Å². The molecule has 0 aliphatic heterocycles. The van der Waals surface area contributed by atoms with Crippen molar-refractivity contribution in [2.75, 3.05) is 7.11 Å². The topological polar surface area (TPSA) is 78.4 Å². The number of rotatable bonds is 3. The van der Waals surface area contributed by atoms with Crippen LogP contribution >= 0.6 is 0 Å². The number of hydrogen-bond donors (Lipinski definition) is 0.